The van der Waals surface area contributed by atoms with Crippen LogP contribution >= 0.6 is 0 Å². The number of nitrogens with zero attached hydrogens (tertiary/aromatic N) is 1. The third-order valence-electron chi connectivity index (χ3n) is 4.42. The number of amides is 1. The summed E-state index contributed by atoms with van der Waals surface area (Å²) in [5, 5.41) is 2.98. The van der Waals surface area contributed by atoms with Crippen molar-refractivity contribution in [3.63, 3.8) is 0 Å². The first kappa shape index (κ1) is 16.1. The van der Waals surface area contributed by atoms with Gasteiger partial charge in [0.2, 0.25) is 5.88 Å². The van der Waals surface area contributed by atoms with Gasteiger partial charge in [0, 0.05) is 42.2 Å². The van der Waals surface area contributed by atoms with E-state index in [0.717, 1.165) is 23.2 Å². The van der Waals surface area contributed by atoms with E-state index in [9.17, 15) is 4.79 Å². The maximum Gasteiger partial charge on any atom is 0.253 e. The number of aromatic amines is 1. The molecule has 2 aromatic rings. The summed E-state index contributed by atoms with van der Waals surface area (Å²) < 4.78 is 16.7. The number of nitrogens with one attached hydrogen (secondary N) is 2. The van der Waals surface area contributed by atoms with Crippen LogP contribution in [0.4, 0.5) is 0 Å². The SMILES string of the molecule is CC1Cc2[nH]cc(-c3ccnc(OC[C@@H]4COCCO4)c3)c2C(=O)N1. The summed E-state index contributed by atoms with van der Waals surface area (Å²) in [5.74, 6) is 0.461. The lowest BCUT2D eigenvalue weighted by Gasteiger charge is -2.22. The number of hydrogen-bond acceptors (Lipinski definition) is 5. The van der Waals surface area contributed by atoms with Gasteiger partial charge in [-0.2, -0.15) is 0 Å². The number of rotatable bonds is 4. The zero-order chi connectivity index (χ0) is 17.2. The minimum Gasteiger partial charge on any atom is -0.475 e. The molecule has 1 amide bonds. The van der Waals surface area contributed by atoms with Crippen LogP contribution in [0.25, 0.3) is 11.1 Å². The average molecular weight is 343 g/mol. The van der Waals surface area contributed by atoms with Crippen LogP contribution in [0, 0.1) is 0 Å². The molecule has 0 spiro atoms. The number of aromatic nitrogens is 2. The summed E-state index contributed by atoms with van der Waals surface area (Å²) >= 11 is 0. The van der Waals surface area contributed by atoms with Gasteiger partial charge in [-0.25, -0.2) is 4.98 Å². The highest BCUT2D eigenvalue weighted by molar-refractivity contribution is 6.03. The van der Waals surface area contributed by atoms with E-state index in [2.05, 4.69) is 15.3 Å². The van der Waals surface area contributed by atoms with Crippen LogP contribution < -0.4 is 10.1 Å². The highest BCUT2D eigenvalue weighted by Crippen LogP contribution is 2.30. The van der Waals surface area contributed by atoms with E-state index in [1.165, 1.54) is 0 Å². The zero-order valence-corrected chi connectivity index (χ0v) is 14.1. The number of ether oxygens (including phenoxy) is 3. The Morgan fingerprint density at radius 2 is 2.32 bits per heavy atom. The molecule has 1 unspecified atom stereocenters. The lowest BCUT2D eigenvalue weighted by atomic mass is 9.97. The molecule has 1 saturated heterocycles. The molecule has 0 aliphatic carbocycles. The maximum absolute atomic E-state index is 12.4. The van der Waals surface area contributed by atoms with Gasteiger partial charge in [0.15, 0.2) is 0 Å². The minimum absolute atomic E-state index is 0.0444. The Labute approximate surface area is 145 Å². The second-order valence-electron chi connectivity index (χ2n) is 6.40. The number of hydrogen-bond donors (Lipinski definition) is 2. The second kappa shape index (κ2) is 6.85. The van der Waals surface area contributed by atoms with E-state index in [-0.39, 0.29) is 18.1 Å². The van der Waals surface area contributed by atoms with E-state index in [1.807, 2.05) is 25.3 Å². The quantitative estimate of drug-likeness (QED) is 0.880. The molecule has 1 fully saturated rings. The normalized spacial score (nSPS) is 23.0. The molecule has 4 rings (SSSR count). The van der Waals surface area contributed by atoms with E-state index < -0.39 is 0 Å². The van der Waals surface area contributed by atoms with E-state index in [0.29, 0.717) is 37.9 Å². The van der Waals surface area contributed by atoms with Gasteiger partial charge in [-0.1, -0.05) is 0 Å². The van der Waals surface area contributed by atoms with Crippen LogP contribution in [0.15, 0.2) is 24.5 Å². The Morgan fingerprint density at radius 1 is 1.40 bits per heavy atom. The monoisotopic (exact) mass is 343 g/mol. The Hall–Kier alpha value is -2.38. The highest BCUT2D eigenvalue weighted by atomic mass is 16.6. The number of pyridine rings is 1. The van der Waals surface area contributed by atoms with Crippen molar-refractivity contribution < 1.29 is 19.0 Å². The number of H-pyrrole nitrogens is 1. The summed E-state index contributed by atoms with van der Waals surface area (Å²) in [7, 11) is 0. The molecule has 25 heavy (non-hydrogen) atoms. The molecule has 7 heteroatoms. The molecular formula is C18H21N3O4. The van der Waals surface area contributed by atoms with Gasteiger partial charge >= 0.3 is 0 Å². The van der Waals surface area contributed by atoms with E-state index in [4.69, 9.17) is 14.2 Å². The standard InChI is InChI=1S/C18H21N3O4/c1-11-6-15-17(18(22)21-11)14(8-20-15)12-2-3-19-16(7-12)25-10-13-9-23-4-5-24-13/h2-3,7-8,11,13,20H,4-6,9-10H2,1H3,(H,21,22)/t11?,13-/m0/s1. The first-order valence-corrected chi connectivity index (χ1v) is 8.50. The minimum atomic E-state index is -0.0773. The molecule has 2 N–H and O–H groups in total. The van der Waals surface area contributed by atoms with Crippen LogP contribution in [-0.2, 0) is 15.9 Å². The molecule has 132 valence electrons. The van der Waals surface area contributed by atoms with Crippen molar-refractivity contribution in [2.75, 3.05) is 26.4 Å². The van der Waals surface area contributed by atoms with Gasteiger partial charge in [-0.3, -0.25) is 4.79 Å². The van der Waals surface area contributed by atoms with Crippen LogP contribution in [-0.4, -0.2) is 54.4 Å². The molecular weight excluding hydrogens is 322 g/mol. The summed E-state index contributed by atoms with van der Waals surface area (Å²) in [6, 6.07) is 3.86. The van der Waals surface area contributed by atoms with Crippen molar-refractivity contribution in [1.29, 1.82) is 0 Å². The Kier molecular flexibility index (Phi) is 4.42. The third kappa shape index (κ3) is 3.38. The van der Waals surface area contributed by atoms with Crippen molar-refractivity contribution >= 4 is 5.91 Å². The molecule has 0 aromatic carbocycles. The van der Waals surface area contributed by atoms with Crippen LogP contribution in [0.2, 0.25) is 0 Å². The van der Waals surface area contributed by atoms with Crippen molar-refractivity contribution in [3.05, 3.63) is 35.8 Å². The lowest BCUT2D eigenvalue weighted by molar-refractivity contribution is -0.102. The summed E-state index contributed by atoms with van der Waals surface area (Å²) in [6.07, 6.45) is 4.28. The average Bonchev–Trinajstić information content (AvgIpc) is 3.05. The van der Waals surface area contributed by atoms with Crippen molar-refractivity contribution in [3.8, 4) is 17.0 Å². The van der Waals surface area contributed by atoms with Crippen molar-refractivity contribution in [2.24, 2.45) is 0 Å². The summed E-state index contributed by atoms with van der Waals surface area (Å²) in [5.41, 5.74) is 3.44. The molecule has 4 heterocycles. The zero-order valence-electron chi connectivity index (χ0n) is 14.1. The fourth-order valence-electron chi connectivity index (χ4n) is 3.23. The smallest absolute Gasteiger partial charge is 0.253 e. The first-order valence-electron chi connectivity index (χ1n) is 8.50. The summed E-state index contributed by atoms with van der Waals surface area (Å²) in [4.78, 5) is 19.8. The third-order valence-corrected chi connectivity index (χ3v) is 4.42. The Bertz CT molecular complexity index is 767. The Balaban J connectivity index is 1.53. The van der Waals surface area contributed by atoms with Gasteiger partial charge in [-0.05, 0) is 18.6 Å². The molecule has 2 atom stereocenters. The van der Waals surface area contributed by atoms with Gasteiger partial charge < -0.3 is 24.5 Å². The highest BCUT2D eigenvalue weighted by Gasteiger charge is 2.26. The number of carbonyl (C=O) groups excluding carboxylic acids is 1. The predicted molar refractivity (Wildman–Crippen MR) is 90.7 cm³/mol. The van der Waals surface area contributed by atoms with E-state index in [1.54, 1.807) is 6.20 Å². The Morgan fingerprint density at radius 3 is 3.16 bits per heavy atom. The second-order valence-corrected chi connectivity index (χ2v) is 6.40. The molecule has 2 aliphatic heterocycles. The molecule has 0 radical (unpaired) electrons. The first-order chi connectivity index (χ1) is 12.2. The maximum atomic E-state index is 12.4. The van der Waals surface area contributed by atoms with Gasteiger partial charge in [0.25, 0.3) is 5.91 Å². The van der Waals surface area contributed by atoms with Gasteiger partial charge in [-0.15, -0.1) is 0 Å². The predicted octanol–water partition coefficient (Wildman–Crippen LogP) is 1.55. The molecule has 0 bridgehead atoms. The van der Waals surface area contributed by atoms with Crippen LogP contribution in [0.5, 0.6) is 5.88 Å². The van der Waals surface area contributed by atoms with Gasteiger partial charge in [0.05, 0.1) is 25.4 Å². The van der Waals surface area contributed by atoms with Gasteiger partial charge in [0.1, 0.15) is 12.7 Å². The number of carbonyl (C=O) groups is 1. The molecule has 7 nitrogen and oxygen atoms in total. The van der Waals surface area contributed by atoms with Crippen LogP contribution in [0.3, 0.4) is 0 Å². The largest absolute Gasteiger partial charge is 0.475 e. The van der Waals surface area contributed by atoms with E-state index >= 15 is 0 Å². The van der Waals surface area contributed by atoms with Crippen molar-refractivity contribution in [1.82, 2.24) is 15.3 Å². The molecule has 2 aliphatic rings. The topological polar surface area (TPSA) is 85.5 Å². The molecule has 0 saturated carbocycles. The molecule has 2 aromatic heterocycles. The summed E-state index contributed by atoms with van der Waals surface area (Å²) in [6.45, 7) is 4.13. The fourth-order valence-corrected chi connectivity index (χ4v) is 3.23. The fraction of sp³-hybridized carbons (Fsp3) is 0.444. The van der Waals surface area contributed by atoms with Crippen LogP contribution in [0.1, 0.15) is 23.0 Å². The number of fused-ring (bicyclic) bond motifs is 1. The van der Waals surface area contributed by atoms with Crippen molar-refractivity contribution in [2.45, 2.75) is 25.5 Å². The lowest BCUT2D eigenvalue weighted by Crippen LogP contribution is -2.39.